The van der Waals surface area contributed by atoms with Gasteiger partial charge in [0.25, 0.3) is 0 Å². The van der Waals surface area contributed by atoms with Gasteiger partial charge in [0.15, 0.2) is 17.7 Å². The predicted octanol–water partition coefficient (Wildman–Crippen LogP) is 5.51. The second-order valence-corrected chi connectivity index (χ2v) is 9.22. The molecule has 2 aliphatic heterocycles. The van der Waals surface area contributed by atoms with E-state index >= 15 is 0 Å². The smallest absolute Gasteiger partial charge is 0.493 e. The summed E-state index contributed by atoms with van der Waals surface area (Å²) in [6, 6.07) is 12.4. The molecule has 1 N–H and O–H groups in total. The maximum Gasteiger partial charge on any atom is 0.573 e. The van der Waals surface area contributed by atoms with Crippen LogP contribution in [0.3, 0.4) is 0 Å². The number of amides is 3. The minimum Gasteiger partial charge on any atom is -0.493 e. The Kier molecular flexibility index (Phi) is 8.25. The van der Waals surface area contributed by atoms with Crippen molar-refractivity contribution in [2.24, 2.45) is 10.1 Å². The van der Waals surface area contributed by atoms with Crippen LogP contribution in [0.4, 0.5) is 22.8 Å². The van der Waals surface area contributed by atoms with Crippen LogP contribution in [0.5, 0.6) is 11.5 Å². The number of nitrogens with zero attached hydrogens (tertiary/aromatic N) is 4. The number of carbonyl (C=O) groups excluding carboxylic acids is 2. The molecule has 13 heteroatoms. The molecule has 2 atom stereocenters. The molecule has 2 heterocycles. The zero-order valence-corrected chi connectivity index (χ0v) is 21.2. The lowest BCUT2D eigenvalue weighted by molar-refractivity contribution is -0.275. The third-order valence-corrected chi connectivity index (χ3v) is 6.83. The first-order valence-corrected chi connectivity index (χ1v) is 12.4. The zero-order chi connectivity index (χ0) is 27.3. The maximum atomic E-state index is 13.3. The lowest BCUT2D eigenvalue weighted by atomic mass is 10.0. The summed E-state index contributed by atoms with van der Waals surface area (Å²) in [6.07, 6.45) is -0.915. The molecule has 0 saturated heterocycles. The third-order valence-electron chi connectivity index (χ3n) is 5.60. The number of carbonyl (C=O) groups is 2. The molecule has 0 spiro atoms. The molecule has 0 aromatic heterocycles. The number of urea groups is 1. The van der Waals surface area contributed by atoms with E-state index in [0.717, 1.165) is 16.8 Å². The van der Waals surface area contributed by atoms with E-state index < -0.39 is 34.8 Å². The molecular formula is C25H24F3N5O4S. The fraction of sp³-hybridized carbons (Fsp3) is 0.280. The number of nitrogens with one attached hydrogen (secondary N) is 1. The van der Waals surface area contributed by atoms with Crippen LogP contribution in [0, 0.1) is 0 Å². The highest BCUT2D eigenvalue weighted by Crippen LogP contribution is 2.37. The molecule has 2 aromatic carbocycles. The molecule has 0 radical (unpaired) electrons. The van der Waals surface area contributed by atoms with E-state index in [4.69, 9.17) is 4.74 Å². The highest BCUT2D eigenvalue weighted by atomic mass is 32.2. The number of hydrogen-bond acceptors (Lipinski definition) is 7. The van der Waals surface area contributed by atoms with E-state index in [2.05, 4.69) is 20.1 Å². The van der Waals surface area contributed by atoms with Gasteiger partial charge in [-0.05, 0) is 30.2 Å². The fourth-order valence-electron chi connectivity index (χ4n) is 3.82. The van der Waals surface area contributed by atoms with E-state index in [1.807, 2.05) is 6.92 Å². The topological polar surface area (TPSA) is 95.8 Å². The highest BCUT2D eigenvalue weighted by Gasteiger charge is 2.37. The molecule has 200 valence electrons. The summed E-state index contributed by atoms with van der Waals surface area (Å²) < 4.78 is 48.3. The summed E-state index contributed by atoms with van der Waals surface area (Å²) in [7, 11) is 1.23. The Morgan fingerprint density at radius 1 is 1.21 bits per heavy atom. The van der Waals surface area contributed by atoms with Crippen LogP contribution in [-0.4, -0.2) is 58.4 Å². The molecule has 0 aliphatic carbocycles. The quantitative estimate of drug-likeness (QED) is 0.493. The monoisotopic (exact) mass is 547 g/mol. The summed E-state index contributed by atoms with van der Waals surface area (Å²) in [5.41, 5.74) is 1.25. The standard InChI is InChI=1S/C25H24F3N5O4S/c1-3-20-21(17-9-10-18(36-2)19(15-17)37-25(26,27)28)31-33(24(35)38-20)22(16-7-5-4-6-8-16)30-23(34)32-13-11-29-12-14-32/h4-13,15,20,22H,3,14H2,1-2H3,(H,30,34). The summed E-state index contributed by atoms with van der Waals surface area (Å²) >= 11 is 0.974. The van der Waals surface area contributed by atoms with Crippen LogP contribution in [0.2, 0.25) is 0 Å². The minimum atomic E-state index is -4.93. The summed E-state index contributed by atoms with van der Waals surface area (Å²) in [4.78, 5) is 31.6. The van der Waals surface area contributed by atoms with Gasteiger partial charge in [0.05, 0.1) is 24.6 Å². The number of hydrazone groups is 1. The van der Waals surface area contributed by atoms with Crippen molar-refractivity contribution in [3.05, 3.63) is 72.1 Å². The first-order chi connectivity index (χ1) is 18.2. The first kappa shape index (κ1) is 27.0. The van der Waals surface area contributed by atoms with Gasteiger partial charge in [0, 0.05) is 24.2 Å². The van der Waals surface area contributed by atoms with Crippen LogP contribution < -0.4 is 14.8 Å². The predicted molar refractivity (Wildman–Crippen MR) is 137 cm³/mol. The Balaban J connectivity index is 1.75. The van der Waals surface area contributed by atoms with Crippen molar-refractivity contribution >= 4 is 35.0 Å². The van der Waals surface area contributed by atoms with Gasteiger partial charge in [-0.25, -0.2) is 4.79 Å². The fourth-order valence-corrected chi connectivity index (χ4v) is 4.78. The van der Waals surface area contributed by atoms with Crippen molar-refractivity contribution in [3.8, 4) is 11.5 Å². The van der Waals surface area contributed by atoms with Crippen LogP contribution in [-0.2, 0) is 0 Å². The van der Waals surface area contributed by atoms with Crippen molar-refractivity contribution in [1.29, 1.82) is 0 Å². The van der Waals surface area contributed by atoms with Gasteiger partial charge >= 0.3 is 17.6 Å². The van der Waals surface area contributed by atoms with E-state index in [-0.39, 0.29) is 12.3 Å². The number of alkyl halides is 3. The molecule has 9 nitrogen and oxygen atoms in total. The average Bonchev–Trinajstić information content (AvgIpc) is 2.91. The number of rotatable bonds is 7. The lowest BCUT2D eigenvalue weighted by Gasteiger charge is -2.35. The second-order valence-electron chi connectivity index (χ2n) is 8.07. The number of ether oxygens (including phenoxy) is 2. The van der Waals surface area contributed by atoms with Crippen molar-refractivity contribution in [1.82, 2.24) is 15.2 Å². The van der Waals surface area contributed by atoms with Gasteiger partial charge in [0.2, 0.25) is 0 Å². The van der Waals surface area contributed by atoms with Gasteiger partial charge in [0.1, 0.15) is 0 Å². The number of methoxy groups -OCH3 is 1. The van der Waals surface area contributed by atoms with E-state index in [1.165, 1.54) is 36.5 Å². The third kappa shape index (κ3) is 6.28. The molecule has 0 fully saturated rings. The maximum absolute atomic E-state index is 13.3. The number of benzene rings is 2. The van der Waals surface area contributed by atoms with Crippen LogP contribution in [0.25, 0.3) is 0 Å². The van der Waals surface area contributed by atoms with Crippen molar-refractivity contribution < 1.29 is 32.2 Å². The second kappa shape index (κ2) is 11.6. The number of hydrogen-bond donors (Lipinski definition) is 1. The van der Waals surface area contributed by atoms with Crippen LogP contribution >= 0.6 is 11.8 Å². The van der Waals surface area contributed by atoms with E-state index in [0.29, 0.717) is 23.3 Å². The van der Waals surface area contributed by atoms with Gasteiger partial charge in [-0.1, -0.05) is 49.0 Å². The van der Waals surface area contributed by atoms with Gasteiger partial charge in [-0.3, -0.25) is 14.7 Å². The SMILES string of the molecule is CCC1SC(=O)N(C(NC(=O)N2C=CN=CC2)c2ccccc2)N=C1c1ccc(OC)c(OC(F)(F)F)c1. The summed E-state index contributed by atoms with van der Waals surface area (Å²) in [6.45, 7) is 2.08. The Morgan fingerprint density at radius 3 is 2.61 bits per heavy atom. The molecule has 2 aromatic rings. The van der Waals surface area contributed by atoms with Gasteiger partial charge in [-0.15, -0.1) is 13.2 Å². The molecule has 4 rings (SSSR count). The Morgan fingerprint density at radius 2 is 1.97 bits per heavy atom. The number of thioether (sulfide) groups is 1. The summed E-state index contributed by atoms with van der Waals surface area (Å²) in [5, 5.41) is 7.68. The Labute approximate surface area is 221 Å². The van der Waals surface area contributed by atoms with Gasteiger partial charge < -0.3 is 14.8 Å². The molecular weight excluding hydrogens is 523 g/mol. The zero-order valence-electron chi connectivity index (χ0n) is 20.4. The summed E-state index contributed by atoms with van der Waals surface area (Å²) in [5.74, 6) is -0.640. The largest absolute Gasteiger partial charge is 0.573 e. The van der Waals surface area contributed by atoms with Crippen molar-refractivity contribution in [2.75, 3.05) is 13.7 Å². The lowest BCUT2D eigenvalue weighted by Crippen LogP contribution is -2.48. The Bertz CT molecular complexity index is 1270. The molecule has 2 unspecified atom stereocenters. The molecule has 38 heavy (non-hydrogen) atoms. The average molecular weight is 548 g/mol. The van der Waals surface area contributed by atoms with Crippen molar-refractivity contribution in [3.63, 3.8) is 0 Å². The Hall–Kier alpha value is -4.00. The van der Waals surface area contributed by atoms with Gasteiger partial charge in [-0.2, -0.15) is 10.1 Å². The van der Waals surface area contributed by atoms with E-state index in [1.54, 1.807) is 42.6 Å². The van der Waals surface area contributed by atoms with E-state index in [9.17, 15) is 22.8 Å². The first-order valence-electron chi connectivity index (χ1n) is 11.5. The van der Waals surface area contributed by atoms with Crippen molar-refractivity contribution in [2.45, 2.75) is 31.1 Å². The molecule has 0 saturated carbocycles. The van der Waals surface area contributed by atoms with Crippen LogP contribution in [0.15, 0.2) is 71.0 Å². The normalized spacial score (nSPS) is 18.2. The molecule has 2 aliphatic rings. The number of aliphatic imine (C=N–C) groups is 1. The highest BCUT2D eigenvalue weighted by molar-refractivity contribution is 8.14. The van der Waals surface area contributed by atoms with Crippen LogP contribution in [0.1, 0.15) is 30.6 Å². The minimum absolute atomic E-state index is 0.108. The number of halogens is 3. The molecule has 0 bridgehead atoms. The molecule has 3 amide bonds.